The van der Waals surface area contributed by atoms with Crippen molar-refractivity contribution < 1.29 is 0 Å². The zero-order valence-electron chi connectivity index (χ0n) is 18.5. The predicted octanol–water partition coefficient (Wildman–Crippen LogP) is 4.07. The van der Waals surface area contributed by atoms with Crippen LogP contribution in [0.15, 0.2) is 23.0 Å². The van der Waals surface area contributed by atoms with Crippen molar-refractivity contribution in [1.82, 2.24) is 30.1 Å². The molecule has 1 atom stereocenters. The summed E-state index contributed by atoms with van der Waals surface area (Å²) in [6, 6.07) is 6.31. The molecule has 7 nitrogen and oxygen atoms in total. The first-order valence-electron chi connectivity index (χ1n) is 11.2. The van der Waals surface area contributed by atoms with Gasteiger partial charge in [-0.3, -0.25) is 9.69 Å². The van der Waals surface area contributed by atoms with Crippen LogP contribution < -0.4 is 5.56 Å². The average Bonchev–Trinajstić information content (AvgIpc) is 3.22. The highest BCUT2D eigenvalue weighted by Crippen LogP contribution is 2.33. The summed E-state index contributed by atoms with van der Waals surface area (Å²) in [5.74, 6) is 0.778. The van der Waals surface area contributed by atoms with E-state index >= 15 is 0 Å². The molecule has 0 aliphatic heterocycles. The lowest BCUT2D eigenvalue weighted by Crippen LogP contribution is -2.36. The summed E-state index contributed by atoms with van der Waals surface area (Å²) in [4.78, 5) is 18.7. The van der Waals surface area contributed by atoms with Crippen LogP contribution >= 0.6 is 0 Å². The fraction of sp³-hybridized carbons (Fsp3) is 0.565. The van der Waals surface area contributed by atoms with E-state index in [1.807, 2.05) is 17.7 Å². The highest BCUT2D eigenvalue weighted by molar-refractivity contribution is 5.83. The molecule has 1 aromatic carbocycles. The van der Waals surface area contributed by atoms with Gasteiger partial charge in [-0.15, -0.1) is 5.10 Å². The summed E-state index contributed by atoms with van der Waals surface area (Å²) >= 11 is 0. The molecule has 1 N–H and O–H groups in total. The third-order valence-electron chi connectivity index (χ3n) is 6.48. The van der Waals surface area contributed by atoms with Crippen molar-refractivity contribution in [2.75, 3.05) is 13.1 Å². The van der Waals surface area contributed by atoms with Crippen molar-refractivity contribution in [1.29, 1.82) is 0 Å². The Morgan fingerprint density at radius 2 is 1.87 bits per heavy atom. The average molecular weight is 409 g/mol. The lowest BCUT2D eigenvalue weighted by molar-refractivity contribution is 0.222. The molecule has 1 saturated carbocycles. The minimum atomic E-state index is -0.272. The maximum Gasteiger partial charge on any atom is 0.253 e. The van der Waals surface area contributed by atoms with E-state index in [1.165, 1.54) is 24.8 Å². The van der Waals surface area contributed by atoms with Crippen LogP contribution in [0.5, 0.6) is 0 Å². The Labute approximate surface area is 177 Å². The van der Waals surface area contributed by atoms with E-state index in [4.69, 9.17) is 0 Å². The molecule has 2 heterocycles. The Hall–Kier alpha value is -2.54. The second kappa shape index (κ2) is 8.68. The van der Waals surface area contributed by atoms with E-state index in [0.29, 0.717) is 11.6 Å². The second-order valence-corrected chi connectivity index (χ2v) is 8.50. The zero-order valence-corrected chi connectivity index (χ0v) is 18.5. The molecule has 4 rings (SSSR count). The molecule has 0 bridgehead atoms. The number of aryl methyl sites for hydroxylation is 2. The first kappa shape index (κ1) is 20.7. The predicted molar refractivity (Wildman–Crippen MR) is 119 cm³/mol. The van der Waals surface area contributed by atoms with Gasteiger partial charge in [0.15, 0.2) is 5.82 Å². The van der Waals surface area contributed by atoms with Crippen LogP contribution in [0.3, 0.4) is 0 Å². The molecule has 0 radical (unpaired) electrons. The Morgan fingerprint density at radius 1 is 1.13 bits per heavy atom. The van der Waals surface area contributed by atoms with Crippen LogP contribution in [-0.2, 0) is 0 Å². The van der Waals surface area contributed by atoms with Crippen molar-refractivity contribution in [3.8, 4) is 0 Å². The molecule has 0 amide bonds. The van der Waals surface area contributed by atoms with E-state index in [2.05, 4.69) is 58.3 Å². The first-order valence-corrected chi connectivity index (χ1v) is 11.2. The number of aromatic nitrogens is 5. The molecular weight excluding hydrogens is 376 g/mol. The number of rotatable bonds is 6. The van der Waals surface area contributed by atoms with Crippen LogP contribution in [-0.4, -0.2) is 43.2 Å². The highest BCUT2D eigenvalue weighted by Gasteiger charge is 2.31. The molecule has 1 aliphatic carbocycles. The number of tetrazole rings is 1. The minimum absolute atomic E-state index is 0.0652. The maximum absolute atomic E-state index is 13.3. The van der Waals surface area contributed by atoms with Crippen LogP contribution in [0.1, 0.15) is 80.6 Å². The largest absolute Gasteiger partial charge is 0.321 e. The number of hydrogen-bond donors (Lipinski definition) is 1. The number of nitrogens with one attached hydrogen (secondary N) is 1. The fourth-order valence-corrected chi connectivity index (χ4v) is 4.96. The van der Waals surface area contributed by atoms with E-state index in [-0.39, 0.29) is 11.6 Å². The number of H-pyrrole nitrogens is 1. The van der Waals surface area contributed by atoms with Gasteiger partial charge in [0.1, 0.15) is 6.04 Å². The fourth-order valence-electron chi connectivity index (χ4n) is 4.96. The normalized spacial score (nSPS) is 16.4. The SMILES string of the molecule is CCN(CC)C(c1cc2cc(C)cc(C)c2[nH]c1=O)c1nnnn1C1CCCCC1. The topological polar surface area (TPSA) is 79.7 Å². The number of pyridine rings is 1. The van der Waals surface area contributed by atoms with Gasteiger partial charge in [0.25, 0.3) is 5.56 Å². The van der Waals surface area contributed by atoms with E-state index < -0.39 is 0 Å². The number of benzene rings is 1. The Morgan fingerprint density at radius 3 is 2.57 bits per heavy atom. The molecular formula is C23H32N6O. The smallest absolute Gasteiger partial charge is 0.253 e. The molecule has 1 aliphatic rings. The molecule has 0 saturated heterocycles. The standard InChI is InChI=1S/C23H32N6O/c1-5-28(6-2)21(22-25-26-27-29(22)18-10-8-7-9-11-18)19-14-17-13-15(3)12-16(4)20(17)24-23(19)30/h12-14,18,21H,5-11H2,1-4H3,(H,24,30). The minimum Gasteiger partial charge on any atom is -0.321 e. The van der Waals surface area contributed by atoms with Crippen LogP contribution in [0.25, 0.3) is 10.9 Å². The lowest BCUT2D eigenvalue weighted by Gasteiger charge is -2.31. The molecule has 1 fully saturated rings. The van der Waals surface area contributed by atoms with Gasteiger partial charge in [0, 0.05) is 5.56 Å². The number of fused-ring (bicyclic) bond motifs is 1. The zero-order chi connectivity index (χ0) is 21.3. The van der Waals surface area contributed by atoms with Gasteiger partial charge in [0.2, 0.25) is 0 Å². The third-order valence-corrected chi connectivity index (χ3v) is 6.48. The van der Waals surface area contributed by atoms with Crippen molar-refractivity contribution in [3.63, 3.8) is 0 Å². The Balaban J connectivity index is 1.88. The van der Waals surface area contributed by atoms with E-state index in [1.54, 1.807) is 0 Å². The van der Waals surface area contributed by atoms with Gasteiger partial charge < -0.3 is 4.98 Å². The van der Waals surface area contributed by atoms with Crippen LogP contribution in [0.2, 0.25) is 0 Å². The van der Waals surface area contributed by atoms with Crippen LogP contribution in [0.4, 0.5) is 0 Å². The van der Waals surface area contributed by atoms with Crippen molar-refractivity contribution in [3.05, 3.63) is 51.1 Å². The summed E-state index contributed by atoms with van der Waals surface area (Å²) in [5, 5.41) is 13.9. The number of aromatic amines is 1. The number of hydrogen-bond acceptors (Lipinski definition) is 5. The van der Waals surface area contributed by atoms with Gasteiger partial charge in [0.05, 0.1) is 11.6 Å². The molecule has 1 unspecified atom stereocenters. The summed E-state index contributed by atoms with van der Waals surface area (Å²) in [6.45, 7) is 9.98. The van der Waals surface area contributed by atoms with Gasteiger partial charge >= 0.3 is 0 Å². The summed E-state index contributed by atoms with van der Waals surface area (Å²) < 4.78 is 1.99. The summed E-state index contributed by atoms with van der Waals surface area (Å²) in [5.41, 5.74) is 3.82. The first-order chi connectivity index (χ1) is 14.5. The number of nitrogens with zero attached hydrogens (tertiary/aromatic N) is 5. The molecule has 7 heteroatoms. The van der Waals surface area contributed by atoms with E-state index in [0.717, 1.165) is 48.2 Å². The molecule has 2 aromatic heterocycles. The monoisotopic (exact) mass is 408 g/mol. The van der Waals surface area contributed by atoms with Crippen molar-refractivity contribution in [2.45, 2.75) is 71.9 Å². The van der Waals surface area contributed by atoms with Gasteiger partial charge in [-0.25, -0.2) is 4.68 Å². The molecule has 0 spiro atoms. The van der Waals surface area contributed by atoms with Gasteiger partial charge in [-0.2, -0.15) is 0 Å². The molecule has 160 valence electrons. The molecule has 30 heavy (non-hydrogen) atoms. The second-order valence-electron chi connectivity index (χ2n) is 8.50. The third kappa shape index (κ3) is 3.78. The Bertz CT molecular complexity index is 1070. The van der Waals surface area contributed by atoms with Crippen LogP contribution in [0, 0.1) is 13.8 Å². The van der Waals surface area contributed by atoms with Crippen molar-refractivity contribution >= 4 is 10.9 Å². The quantitative estimate of drug-likeness (QED) is 0.665. The van der Waals surface area contributed by atoms with Gasteiger partial charge in [-0.1, -0.05) is 44.7 Å². The highest BCUT2D eigenvalue weighted by atomic mass is 16.1. The van der Waals surface area contributed by atoms with Gasteiger partial charge in [-0.05, 0) is 73.3 Å². The maximum atomic E-state index is 13.3. The Kier molecular flexibility index (Phi) is 5.99. The summed E-state index contributed by atoms with van der Waals surface area (Å²) in [7, 11) is 0. The van der Waals surface area contributed by atoms with E-state index in [9.17, 15) is 4.79 Å². The summed E-state index contributed by atoms with van der Waals surface area (Å²) in [6.07, 6.45) is 5.87. The lowest BCUT2D eigenvalue weighted by atomic mass is 9.95. The molecule has 3 aromatic rings. The van der Waals surface area contributed by atoms with Crippen molar-refractivity contribution in [2.24, 2.45) is 0 Å².